The second-order valence-corrected chi connectivity index (χ2v) is 5.35. The van der Waals surface area contributed by atoms with E-state index in [0.717, 1.165) is 0 Å². The van der Waals surface area contributed by atoms with Crippen molar-refractivity contribution >= 4 is 22.1 Å². The summed E-state index contributed by atoms with van der Waals surface area (Å²) in [6.45, 7) is 0. The molecule has 0 aliphatic rings. The quantitative estimate of drug-likeness (QED) is 0.768. The molecule has 3 aromatic rings. The third-order valence-electron chi connectivity index (χ3n) is 3.28. The highest BCUT2D eigenvalue weighted by Gasteiger charge is 2.15. The maximum absolute atomic E-state index is 12.1. The molecule has 0 aliphatic heterocycles. The number of rotatable bonds is 3. The number of nitrogens with two attached hydrogens (primary N) is 1. The summed E-state index contributed by atoms with van der Waals surface area (Å²) in [5.74, 6) is 0.707. The van der Waals surface area contributed by atoms with Crippen molar-refractivity contribution in [2.24, 2.45) is 0 Å². The van der Waals surface area contributed by atoms with Crippen molar-refractivity contribution in [1.82, 2.24) is 9.38 Å². The van der Waals surface area contributed by atoms with Crippen molar-refractivity contribution in [3.8, 4) is 11.5 Å². The summed E-state index contributed by atoms with van der Waals surface area (Å²) >= 11 is 1.34. The van der Waals surface area contributed by atoms with Crippen LogP contribution in [0.4, 0.5) is 5.82 Å². The molecule has 3 N–H and O–H groups in total. The minimum atomic E-state index is -0.378. The lowest BCUT2D eigenvalue weighted by atomic mass is 10.1. The second-order valence-electron chi connectivity index (χ2n) is 4.48. The zero-order valence-electron chi connectivity index (χ0n) is 11.2. The van der Waals surface area contributed by atoms with Crippen LogP contribution in [0.1, 0.15) is 11.1 Å². The molecule has 0 saturated carbocycles. The summed E-state index contributed by atoms with van der Waals surface area (Å²) in [5, 5.41) is 11.9. The van der Waals surface area contributed by atoms with E-state index in [1.165, 1.54) is 18.4 Å². The number of hydrogen-bond acceptors (Lipinski definition) is 6. The van der Waals surface area contributed by atoms with Gasteiger partial charge < -0.3 is 15.6 Å². The number of nitrogen functional groups attached to an aromatic ring is 1. The van der Waals surface area contributed by atoms with Crippen LogP contribution in [0, 0.1) is 0 Å². The fourth-order valence-electron chi connectivity index (χ4n) is 2.18. The van der Waals surface area contributed by atoms with E-state index in [2.05, 4.69) is 4.98 Å². The van der Waals surface area contributed by atoms with Gasteiger partial charge in [-0.3, -0.25) is 9.20 Å². The molecule has 0 aliphatic carbocycles. The van der Waals surface area contributed by atoms with Crippen LogP contribution in [0.2, 0.25) is 0 Å². The number of hydrogen-bond donors (Lipinski definition) is 2. The van der Waals surface area contributed by atoms with E-state index < -0.39 is 0 Å². The predicted octanol–water partition coefficient (Wildman–Crippen LogP) is 1.64. The van der Waals surface area contributed by atoms with Crippen molar-refractivity contribution in [3.05, 3.63) is 51.3 Å². The molecule has 0 unspecified atom stereocenters. The van der Waals surface area contributed by atoms with Crippen LogP contribution >= 0.6 is 11.3 Å². The summed E-state index contributed by atoms with van der Waals surface area (Å²) in [4.78, 5) is 16.7. The van der Waals surface area contributed by atoms with E-state index in [0.29, 0.717) is 27.7 Å². The van der Waals surface area contributed by atoms with Crippen molar-refractivity contribution in [3.63, 3.8) is 0 Å². The Balaban J connectivity index is 2.12. The van der Waals surface area contributed by atoms with Crippen LogP contribution < -0.4 is 16.0 Å². The van der Waals surface area contributed by atoms with Crippen LogP contribution in [-0.4, -0.2) is 21.6 Å². The Hall–Kier alpha value is -2.54. The number of fused-ring (bicyclic) bond motifs is 1. The number of phenols is 1. The molecule has 0 radical (unpaired) electrons. The molecule has 6 nitrogen and oxygen atoms in total. The second kappa shape index (κ2) is 5.10. The van der Waals surface area contributed by atoms with Gasteiger partial charge in [-0.15, -0.1) is 11.3 Å². The molecule has 0 saturated heterocycles. The molecule has 108 valence electrons. The third-order valence-corrected chi connectivity index (χ3v) is 4.04. The molecule has 3 rings (SSSR count). The number of methoxy groups -OCH3 is 1. The van der Waals surface area contributed by atoms with E-state index in [1.54, 1.807) is 28.8 Å². The first-order valence-electron chi connectivity index (χ1n) is 6.21. The summed E-state index contributed by atoms with van der Waals surface area (Å²) in [6, 6.07) is 5.12. The van der Waals surface area contributed by atoms with Gasteiger partial charge in [0.05, 0.1) is 12.7 Å². The molecule has 2 heterocycles. The van der Waals surface area contributed by atoms with Gasteiger partial charge in [0, 0.05) is 23.6 Å². The Labute approximate surface area is 124 Å². The first-order valence-corrected chi connectivity index (χ1v) is 7.09. The van der Waals surface area contributed by atoms with E-state index in [1.807, 2.05) is 5.38 Å². The van der Waals surface area contributed by atoms with E-state index in [4.69, 9.17) is 10.5 Å². The molecule has 0 fully saturated rings. The highest BCUT2D eigenvalue weighted by Crippen LogP contribution is 2.31. The molecular formula is C14H13N3O3S. The largest absolute Gasteiger partial charge is 0.504 e. The lowest BCUT2D eigenvalue weighted by molar-refractivity contribution is 0.371. The third kappa shape index (κ3) is 2.21. The molecule has 21 heavy (non-hydrogen) atoms. The van der Waals surface area contributed by atoms with Crippen molar-refractivity contribution < 1.29 is 9.84 Å². The normalized spacial score (nSPS) is 10.9. The van der Waals surface area contributed by atoms with Crippen LogP contribution in [0.5, 0.6) is 11.5 Å². The van der Waals surface area contributed by atoms with Gasteiger partial charge in [0.1, 0.15) is 5.82 Å². The van der Waals surface area contributed by atoms with Gasteiger partial charge in [-0.1, -0.05) is 12.1 Å². The van der Waals surface area contributed by atoms with Gasteiger partial charge in [0.15, 0.2) is 16.5 Å². The smallest absolute Gasteiger partial charge is 0.279 e. The summed E-state index contributed by atoms with van der Waals surface area (Å²) in [5.41, 5.74) is 6.59. The minimum absolute atomic E-state index is 0.00853. The van der Waals surface area contributed by atoms with Gasteiger partial charge >= 0.3 is 0 Å². The van der Waals surface area contributed by atoms with Crippen LogP contribution in [0.15, 0.2) is 34.6 Å². The zero-order valence-corrected chi connectivity index (χ0v) is 12.1. The number of thiazole rings is 1. The highest BCUT2D eigenvalue weighted by molar-refractivity contribution is 7.15. The van der Waals surface area contributed by atoms with Gasteiger partial charge in [0.25, 0.3) is 5.56 Å². The van der Waals surface area contributed by atoms with Crippen molar-refractivity contribution in [1.29, 1.82) is 0 Å². The topological polar surface area (TPSA) is 89.9 Å². The molecule has 7 heteroatoms. The number of anilines is 1. The average Bonchev–Trinajstić information content (AvgIpc) is 2.93. The number of para-hydroxylation sites is 1. The molecule has 0 atom stereocenters. The Bertz CT molecular complexity index is 870. The van der Waals surface area contributed by atoms with Gasteiger partial charge in [-0.05, 0) is 6.07 Å². The lowest BCUT2D eigenvalue weighted by Gasteiger charge is -2.10. The van der Waals surface area contributed by atoms with Gasteiger partial charge in [0.2, 0.25) is 0 Å². The number of nitrogens with zero attached hydrogens (tertiary/aromatic N) is 2. The molecule has 2 aromatic heterocycles. The van der Waals surface area contributed by atoms with Crippen molar-refractivity contribution in [2.75, 3.05) is 12.8 Å². The summed E-state index contributed by atoms with van der Waals surface area (Å²) < 4.78 is 6.73. The molecular weight excluding hydrogens is 290 g/mol. The Morgan fingerprint density at radius 2 is 2.29 bits per heavy atom. The van der Waals surface area contributed by atoms with Crippen LogP contribution in [0.3, 0.4) is 0 Å². The number of aromatic nitrogens is 2. The fraction of sp³-hybridized carbons (Fsp3) is 0.143. The zero-order chi connectivity index (χ0) is 15.0. The van der Waals surface area contributed by atoms with Gasteiger partial charge in [-0.25, -0.2) is 0 Å². The SMILES string of the molecule is COc1cccc(Cc2c(N)n3ccsc3nc2=O)c1O. The number of phenolic OH excluding ortho intramolecular Hbond substituents is 1. The Morgan fingerprint density at radius 1 is 1.48 bits per heavy atom. The summed E-state index contributed by atoms with van der Waals surface area (Å²) in [7, 11) is 1.47. The van der Waals surface area contributed by atoms with Crippen LogP contribution in [0.25, 0.3) is 4.96 Å². The first-order chi connectivity index (χ1) is 10.1. The Kier molecular flexibility index (Phi) is 3.26. The van der Waals surface area contributed by atoms with Crippen molar-refractivity contribution in [2.45, 2.75) is 6.42 Å². The predicted molar refractivity (Wildman–Crippen MR) is 81.2 cm³/mol. The maximum Gasteiger partial charge on any atom is 0.279 e. The average molecular weight is 303 g/mol. The summed E-state index contributed by atoms with van der Waals surface area (Å²) in [6.07, 6.45) is 1.95. The molecule has 0 bridgehead atoms. The number of aromatic hydroxyl groups is 1. The molecule has 0 amide bonds. The van der Waals surface area contributed by atoms with E-state index >= 15 is 0 Å². The Morgan fingerprint density at radius 3 is 3.05 bits per heavy atom. The lowest BCUT2D eigenvalue weighted by Crippen LogP contribution is -2.18. The van der Waals surface area contributed by atoms with E-state index in [9.17, 15) is 9.90 Å². The number of benzene rings is 1. The standard InChI is InChI=1S/C14H13N3O3S/c1-20-10-4-2-3-8(11(10)18)7-9-12(15)17-5-6-21-14(17)16-13(9)19/h2-6,18H,7,15H2,1H3. The molecule has 1 aromatic carbocycles. The fourth-order valence-corrected chi connectivity index (χ4v) is 2.89. The molecule has 0 spiro atoms. The monoisotopic (exact) mass is 303 g/mol. The highest BCUT2D eigenvalue weighted by atomic mass is 32.1. The minimum Gasteiger partial charge on any atom is -0.504 e. The maximum atomic E-state index is 12.1. The van der Waals surface area contributed by atoms with Gasteiger partial charge in [-0.2, -0.15) is 4.98 Å². The number of ether oxygens (including phenoxy) is 1. The van der Waals surface area contributed by atoms with Crippen LogP contribution in [-0.2, 0) is 6.42 Å². The first kappa shape index (κ1) is 13.4. The van der Waals surface area contributed by atoms with E-state index in [-0.39, 0.29) is 17.7 Å².